The standard InChI is InChI=1S/C19H18N4O3/c24-19(25)14-6-4-5-13(11-14)17-21-18(26-22-17)15-7-8-16(20-12-15)23-9-2-1-3-10-23/h4-8,11-12H,1-3,9-10H2,(H,24,25). The van der Waals surface area contributed by atoms with E-state index in [9.17, 15) is 4.79 Å². The Bertz CT molecular complexity index is 915. The van der Waals surface area contributed by atoms with Gasteiger partial charge in [0.1, 0.15) is 5.82 Å². The van der Waals surface area contributed by atoms with Crippen molar-refractivity contribution in [2.45, 2.75) is 19.3 Å². The van der Waals surface area contributed by atoms with E-state index in [-0.39, 0.29) is 5.56 Å². The molecule has 0 unspecified atom stereocenters. The number of piperidine rings is 1. The van der Waals surface area contributed by atoms with Gasteiger partial charge in [-0.3, -0.25) is 0 Å². The Morgan fingerprint density at radius 2 is 1.92 bits per heavy atom. The van der Waals surface area contributed by atoms with Crippen molar-refractivity contribution in [1.82, 2.24) is 15.1 Å². The number of carboxylic acids is 1. The molecule has 7 nitrogen and oxygen atoms in total. The van der Waals surface area contributed by atoms with Crippen LogP contribution in [0, 0.1) is 0 Å². The zero-order chi connectivity index (χ0) is 17.9. The van der Waals surface area contributed by atoms with Crippen LogP contribution >= 0.6 is 0 Å². The van der Waals surface area contributed by atoms with Crippen molar-refractivity contribution in [1.29, 1.82) is 0 Å². The first-order valence-electron chi connectivity index (χ1n) is 8.59. The van der Waals surface area contributed by atoms with Crippen LogP contribution in [-0.2, 0) is 0 Å². The molecule has 0 atom stereocenters. The van der Waals surface area contributed by atoms with E-state index in [1.54, 1.807) is 18.3 Å². The number of aromatic carboxylic acids is 1. The first-order valence-corrected chi connectivity index (χ1v) is 8.59. The molecule has 1 saturated heterocycles. The molecule has 0 aliphatic carbocycles. The van der Waals surface area contributed by atoms with Crippen molar-refractivity contribution in [2.75, 3.05) is 18.0 Å². The van der Waals surface area contributed by atoms with Crippen LogP contribution in [0.5, 0.6) is 0 Å². The Kier molecular flexibility index (Phi) is 4.35. The van der Waals surface area contributed by atoms with Gasteiger partial charge in [0.05, 0.1) is 11.1 Å². The van der Waals surface area contributed by atoms with E-state index < -0.39 is 5.97 Å². The predicted octanol–water partition coefficient (Wildman–Crippen LogP) is 3.49. The number of aromatic nitrogens is 3. The molecule has 2 aromatic heterocycles. The third kappa shape index (κ3) is 3.28. The van der Waals surface area contributed by atoms with Crippen LogP contribution in [0.25, 0.3) is 22.8 Å². The lowest BCUT2D eigenvalue weighted by atomic mass is 10.1. The van der Waals surface area contributed by atoms with E-state index in [0.29, 0.717) is 17.3 Å². The first-order chi connectivity index (χ1) is 12.7. The Labute approximate surface area is 150 Å². The Balaban J connectivity index is 1.56. The normalized spacial score (nSPS) is 14.4. The van der Waals surface area contributed by atoms with Crippen molar-refractivity contribution in [3.8, 4) is 22.8 Å². The second-order valence-electron chi connectivity index (χ2n) is 6.26. The van der Waals surface area contributed by atoms with E-state index >= 15 is 0 Å². The molecule has 4 rings (SSSR count). The van der Waals surface area contributed by atoms with Crippen molar-refractivity contribution in [3.05, 3.63) is 48.2 Å². The minimum Gasteiger partial charge on any atom is -0.478 e. The fraction of sp³-hybridized carbons (Fsp3) is 0.263. The third-order valence-corrected chi connectivity index (χ3v) is 4.47. The molecule has 1 aliphatic rings. The molecule has 1 aliphatic heterocycles. The number of carboxylic acid groups (broad SMARTS) is 1. The highest BCUT2D eigenvalue weighted by Crippen LogP contribution is 2.24. The van der Waals surface area contributed by atoms with Gasteiger partial charge in [0, 0.05) is 24.8 Å². The lowest BCUT2D eigenvalue weighted by molar-refractivity contribution is 0.0697. The maximum absolute atomic E-state index is 11.1. The Morgan fingerprint density at radius 1 is 1.08 bits per heavy atom. The molecule has 1 fully saturated rings. The first kappa shape index (κ1) is 16.3. The number of carbonyl (C=O) groups is 1. The van der Waals surface area contributed by atoms with Gasteiger partial charge in [0.15, 0.2) is 0 Å². The van der Waals surface area contributed by atoms with E-state index in [0.717, 1.165) is 24.5 Å². The van der Waals surface area contributed by atoms with Gasteiger partial charge >= 0.3 is 5.97 Å². The molecule has 1 aromatic carbocycles. The molecule has 7 heteroatoms. The number of hydrogen-bond donors (Lipinski definition) is 1. The molecule has 132 valence electrons. The molecular weight excluding hydrogens is 332 g/mol. The zero-order valence-electron chi connectivity index (χ0n) is 14.1. The van der Waals surface area contributed by atoms with Gasteiger partial charge in [0.25, 0.3) is 5.89 Å². The van der Waals surface area contributed by atoms with Crippen molar-refractivity contribution < 1.29 is 14.4 Å². The van der Waals surface area contributed by atoms with Crippen LogP contribution in [0.15, 0.2) is 47.1 Å². The molecule has 26 heavy (non-hydrogen) atoms. The van der Waals surface area contributed by atoms with Crippen LogP contribution in [0.2, 0.25) is 0 Å². The summed E-state index contributed by atoms with van der Waals surface area (Å²) < 4.78 is 5.33. The fourth-order valence-electron chi connectivity index (χ4n) is 3.07. The molecule has 3 aromatic rings. The van der Waals surface area contributed by atoms with Gasteiger partial charge < -0.3 is 14.5 Å². The quantitative estimate of drug-likeness (QED) is 0.770. The molecule has 0 spiro atoms. The van der Waals surface area contributed by atoms with Crippen molar-refractivity contribution in [2.24, 2.45) is 0 Å². The highest BCUT2D eigenvalue weighted by Gasteiger charge is 2.15. The molecule has 3 heterocycles. The van der Waals surface area contributed by atoms with Crippen molar-refractivity contribution >= 4 is 11.8 Å². The van der Waals surface area contributed by atoms with Crippen molar-refractivity contribution in [3.63, 3.8) is 0 Å². The van der Waals surface area contributed by atoms with Gasteiger partial charge in [-0.15, -0.1) is 0 Å². The van der Waals surface area contributed by atoms with Crippen LogP contribution in [0.1, 0.15) is 29.6 Å². The summed E-state index contributed by atoms with van der Waals surface area (Å²) in [4.78, 5) is 22.3. The van der Waals surface area contributed by atoms with Crippen LogP contribution in [-0.4, -0.2) is 39.3 Å². The lowest BCUT2D eigenvalue weighted by Gasteiger charge is -2.27. The fourth-order valence-corrected chi connectivity index (χ4v) is 3.07. The number of benzene rings is 1. The van der Waals surface area contributed by atoms with Crippen LogP contribution < -0.4 is 4.90 Å². The molecule has 0 bridgehead atoms. The molecule has 1 N–H and O–H groups in total. The van der Waals surface area contributed by atoms with Gasteiger partial charge in [-0.1, -0.05) is 17.3 Å². The highest BCUT2D eigenvalue weighted by molar-refractivity contribution is 5.89. The monoisotopic (exact) mass is 350 g/mol. The third-order valence-electron chi connectivity index (χ3n) is 4.47. The maximum Gasteiger partial charge on any atom is 0.335 e. The molecular formula is C19H18N4O3. The lowest BCUT2D eigenvalue weighted by Crippen LogP contribution is -2.29. The second kappa shape index (κ2) is 6.95. The van der Waals surface area contributed by atoms with Gasteiger partial charge in [-0.05, 0) is 43.5 Å². The summed E-state index contributed by atoms with van der Waals surface area (Å²) in [7, 11) is 0. The maximum atomic E-state index is 11.1. The number of anilines is 1. The summed E-state index contributed by atoms with van der Waals surface area (Å²) in [6.45, 7) is 2.08. The van der Waals surface area contributed by atoms with E-state index in [4.69, 9.17) is 9.63 Å². The second-order valence-corrected chi connectivity index (χ2v) is 6.26. The number of rotatable bonds is 4. The van der Waals surface area contributed by atoms with E-state index in [1.165, 1.54) is 31.4 Å². The number of nitrogens with zero attached hydrogens (tertiary/aromatic N) is 4. The predicted molar refractivity (Wildman–Crippen MR) is 96.0 cm³/mol. The van der Waals surface area contributed by atoms with Crippen LogP contribution in [0.3, 0.4) is 0 Å². The summed E-state index contributed by atoms with van der Waals surface area (Å²) in [5.74, 6) is 0.678. The summed E-state index contributed by atoms with van der Waals surface area (Å²) in [6.07, 6.45) is 5.41. The molecule has 0 radical (unpaired) electrons. The zero-order valence-corrected chi connectivity index (χ0v) is 14.1. The Hall–Kier alpha value is -3.22. The molecule has 0 saturated carbocycles. The Morgan fingerprint density at radius 3 is 2.65 bits per heavy atom. The number of pyridine rings is 1. The number of hydrogen-bond acceptors (Lipinski definition) is 6. The van der Waals surface area contributed by atoms with Gasteiger partial charge in [-0.2, -0.15) is 4.98 Å². The van der Waals surface area contributed by atoms with E-state index in [2.05, 4.69) is 20.0 Å². The smallest absolute Gasteiger partial charge is 0.335 e. The average molecular weight is 350 g/mol. The highest BCUT2D eigenvalue weighted by atomic mass is 16.5. The largest absolute Gasteiger partial charge is 0.478 e. The minimum atomic E-state index is -0.993. The summed E-state index contributed by atoms with van der Waals surface area (Å²) in [5.41, 5.74) is 1.51. The summed E-state index contributed by atoms with van der Waals surface area (Å²) in [6, 6.07) is 10.3. The average Bonchev–Trinajstić information content (AvgIpc) is 3.19. The molecule has 0 amide bonds. The summed E-state index contributed by atoms with van der Waals surface area (Å²) >= 11 is 0. The topological polar surface area (TPSA) is 92.3 Å². The van der Waals surface area contributed by atoms with Gasteiger partial charge in [-0.25, -0.2) is 9.78 Å². The SMILES string of the molecule is O=C(O)c1cccc(-c2noc(-c3ccc(N4CCCCC4)nc3)n2)c1. The summed E-state index contributed by atoms with van der Waals surface area (Å²) in [5, 5.41) is 13.1. The minimum absolute atomic E-state index is 0.182. The van der Waals surface area contributed by atoms with E-state index in [1.807, 2.05) is 12.1 Å². The van der Waals surface area contributed by atoms with Crippen LogP contribution in [0.4, 0.5) is 5.82 Å². The van der Waals surface area contributed by atoms with Gasteiger partial charge in [0.2, 0.25) is 5.82 Å².